The highest BCUT2D eigenvalue weighted by Crippen LogP contribution is 2.24. The van der Waals surface area contributed by atoms with Crippen molar-refractivity contribution in [3.63, 3.8) is 0 Å². The van der Waals surface area contributed by atoms with Crippen molar-refractivity contribution < 1.29 is 4.74 Å². The number of hydrogen-bond donors (Lipinski definition) is 1. The molecule has 0 radical (unpaired) electrons. The maximum Gasteiger partial charge on any atom is 0.165 e. The second kappa shape index (κ2) is 3.55. The molecule has 0 aliphatic carbocycles. The number of nitrogen functional groups attached to an aromatic ring is 1. The summed E-state index contributed by atoms with van der Waals surface area (Å²) in [7, 11) is 1.63. The van der Waals surface area contributed by atoms with Gasteiger partial charge in [-0.15, -0.1) is 0 Å². The van der Waals surface area contributed by atoms with Crippen LogP contribution in [0, 0.1) is 0 Å². The van der Waals surface area contributed by atoms with E-state index >= 15 is 0 Å². The minimum absolute atomic E-state index is 0.437. The smallest absolute Gasteiger partial charge is 0.165 e. The first-order chi connectivity index (χ1) is 8.28. The van der Waals surface area contributed by atoms with Gasteiger partial charge in [-0.25, -0.2) is 15.0 Å². The van der Waals surface area contributed by atoms with E-state index in [1.54, 1.807) is 7.11 Å². The van der Waals surface area contributed by atoms with Gasteiger partial charge in [-0.2, -0.15) is 0 Å². The molecule has 0 aliphatic heterocycles. The van der Waals surface area contributed by atoms with Gasteiger partial charge in [-0.3, -0.25) is 0 Å². The van der Waals surface area contributed by atoms with Crippen LogP contribution in [0.2, 0.25) is 0 Å². The van der Waals surface area contributed by atoms with Gasteiger partial charge >= 0.3 is 0 Å². The zero-order chi connectivity index (χ0) is 11.8. The van der Waals surface area contributed by atoms with Crippen molar-refractivity contribution in [2.75, 3.05) is 12.8 Å². The Morgan fingerprint density at radius 3 is 2.88 bits per heavy atom. The Labute approximate surface area is 97.3 Å². The van der Waals surface area contributed by atoms with Crippen LogP contribution in [0.25, 0.3) is 21.9 Å². The maximum absolute atomic E-state index is 5.80. The monoisotopic (exact) mass is 226 g/mol. The van der Waals surface area contributed by atoms with Crippen LogP contribution in [0.5, 0.6) is 5.75 Å². The third-order valence-corrected chi connectivity index (χ3v) is 2.65. The molecule has 0 atom stereocenters. The Balaban J connectivity index is 2.40. The van der Waals surface area contributed by atoms with Gasteiger partial charge in [-0.1, -0.05) is 0 Å². The number of aromatic nitrogens is 3. The standard InChI is InChI=1S/C12H10N4O/c1-17-8-2-3-10-7(4-8)5-9-11(13)14-6-15-12(9)16-10/h2-6H,1H3,(H2,13,14,15,16). The number of ether oxygens (including phenoxy) is 1. The van der Waals surface area contributed by atoms with Crippen LogP contribution in [0.3, 0.4) is 0 Å². The molecule has 0 aliphatic rings. The lowest BCUT2D eigenvalue weighted by Gasteiger charge is -2.04. The molecule has 3 aromatic rings. The van der Waals surface area contributed by atoms with Crippen LogP contribution in [-0.4, -0.2) is 22.1 Å². The van der Waals surface area contributed by atoms with Gasteiger partial charge in [0, 0.05) is 5.39 Å². The van der Waals surface area contributed by atoms with Crippen LogP contribution < -0.4 is 10.5 Å². The fraction of sp³-hybridized carbons (Fsp3) is 0.0833. The summed E-state index contributed by atoms with van der Waals surface area (Å²) in [5.74, 6) is 1.22. The van der Waals surface area contributed by atoms with E-state index < -0.39 is 0 Å². The van der Waals surface area contributed by atoms with Crippen LogP contribution in [0.4, 0.5) is 5.82 Å². The topological polar surface area (TPSA) is 73.9 Å². The Kier molecular flexibility index (Phi) is 2.04. The van der Waals surface area contributed by atoms with E-state index in [2.05, 4.69) is 15.0 Å². The summed E-state index contributed by atoms with van der Waals surface area (Å²) in [6.07, 6.45) is 1.42. The number of benzene rings is 1. The molecule has 5 nitrogen and oxygen atoms in total. The molecule has 2 aromatic heterocycles. The quantitative estimate of drug-likeness (QED) is 0.640. The minimum atomic E-state index is 0.437. The van der Waals surface area contributed by atoms with Crippen LogP contribution in [0.15, 0.2) is 30.6 Å². The molecule has 1 aromatic carbocycles. The molecular weight excluding hydrogens is 216 g/mol. The van der Waals surface area contributed by atoms with E-state index in [9.17, 15) is 0 Å². The average Bonchev–Trinajstić information content (AvgIpc) is 2.37. The number of hydrogen-bond acceptors (Lipinski definition) is 5. The number of fused-ring (bicyclic) bond motifs is 2. The van der Waals surface area contributed by atoms with E-state index in [1.807, 2.05) is 24.3 Å². The number of anilines is 1. The molecule has 2 N–H and O–H groups in total. The van der Waals surface area contributed by atoms with Crippen molar-refractivity contribution in [2.45, 2.75) is 0 Å². The molecule has 17 heavy (non-hydrogen) atoms. The molecule has 0 bridgehead atoms. The molecule has 5 heteroatoms. The molecule has 0 saturated carbocycles. The Bertz CT molecular complexity index is 711. The lowest BCUT2D eigenvalue weighted by atomic mass is 10.1. The number of methoxy groups -OCH3 is 1. The largest absolute Gasteiger partial charge is 0.497 e. The third kappa shape index (κ3) is 1.52. The molecule has 3 rings (SSSR count). The van der Waals surface area contributed by atoms with Crippen molar-refractivity contribution in [2.24, 2.45) is 0 Å². The summed E-state index contributed by atoms with van der Waals surface area (Å²) < 4.78 is 5.17. The highest BCUT2D eigenvalue weighted by molar-refractivity contribution is 5.96. The fourth-order valence-corrected chi connectivity index (χ4v) is 1.77. The number of rotatable bonds is 1. The minimum Gasteiger partial charge on any atom is -0.497 e. The van der Waals surface area contributed by atoms with E-state index in [-0.39, 0.29) is 0 Å². The number of nitrogens with zero attached hydrogens (tertiary/aromatic N) is 3. The first kappa shape index (κ1) is 9.77. The molecule has 0 fully saturated rings. The van der Waals surface area contributed by atoms with E-state index in [1.165, 1.54) is 6.33 Å². The van der Waals surface area contributed by atoms with Crippen LogP contribution in [0.1, 0.15) is 0 Å². The molecule has 84 valence electrons. The SMILES string of the molecule is COc1ccc2nc3ncnc(N)c3cc2c1. The van der Waals surface area contributed by atoms with Gasteiger partial charge in [0.1, 0.15) is 17.9 Å². The van der Waals surface area contributed by atoms with Crippen molar-refractivity contribution in [3.8, 4) is 5.75 Å². The summed E-state index contributed by atoms with van der Waals surface area (Å²) in [4.78, 5) is 12.5. The van der Waals surface area contributed by atoms with Crippen molar-refractivity contribution in [1.82, 2.24) is 15.0 Å². The van der Waals surface area contributed by atoms with Gasteiger partial charge in [0.15, 0.2) is 5.65 Å². The highest BCUT2D eigenvalue weighted by Gasteiger charge is 2.05. The first-order valence-corrected chi connectivity index (χ1v) is 5.13. The third-order valence-electron chi connectivity index (χ3n) is 2.65. The first-order valence-electron chi connectivity index (χ1n) is 5.13. The summed E-state index contributed by atoms with van der Waals surface area (Å²) in [6.45, 7) is 0. The maximum atomic E-state index is 5.80. The number of nitrogens with two attached hydrogens (primary N) is 1. The second-order valence-corrected chi connectivity index (χ2v) is 3.68. The highest BCUT2D eigenvalue weighted by atomic mass is 16.5. The predicted molar refractivity (Wildman–Crippen MR) is 65.8 cm³/mol. The fourth-order valence-electron chi connectivity index (χ4n) is 1.77. The van der Waals surface area contributed by atoms with Gasteiger partial charge in [-0.05, 0) is 24.3 Å². The van der Waals surface area contributed by atoms with Crippen molar-refractivity contribution in [3.05, 3.63) is 30.6 Å². The average molecular weight is 226 g/mol. The Hall–Kier alpha value is -2.43. The molecule has 0 amide bonds. The lowest BCUT2D eigenvalue weighted by Crippen LogP contribution is -1.95. The van der Waals surface area contributed by atoms with Crippen LogP contribution in [-0.2, 0) is 0 Å². The van der Waals surface area contributed by atoms with Crippen LogP contribution >= 0.6 is 0 Å². The van der Waals surface area contributed by atoms with Crippen molar-refractivity contribution >= 4 is 27.8 Å². The van der Waals surface area contributed by atoms with E-state index in [0.29, 0.717) is 11.5 Å². The molecule has 0 spiro atoms. The lowest BCUT2D eigenvalue weighted by molar-refractivity contribution is 0.415. The molecule has 2 heterocycles. The van der Waals surface area contributed by atoms with E-state index in [4.69, 9.17) is 10.5 Å². The van der Waals surface area contributed by atoms with E-state index in [0.717, 1.165) is 22.0 Å². The summed E-state index contributed by atoms with van der Waals surface area (Å²) in [5, 5.41) is 1.71. The van der Waals surface area contributed by atoms with Crippen molar-refractivity contribution in [1.29, 1.82) is 0 Å². The van der Waals surface area contributed by atoms with Gasteiger partial charge < -0.3 is 10.5 Å². The van der Waals surface area contributed by atoms with Gasteiger partial charge in [0.05, 0.1) is 18.0 Å². The molecular formula is C12H10N4O. The predicted octanol–water partition coefficient (Wildman–Crippen LogP) is 1.77. The number of pyridine rings is 1. The molecule has 0 unspecified atom stereocenters. The second-order valence-electron chi connectivity index (χ2n) is 3.68. The zero-order valence-corrected chi connectivity index (χ0v) is 9.21. The summed E-state index contributed by atoms with van der Waals surface area (Å²) in [5.41, 5.74) is 7.26. The van der Waals surface area contributed by atoms with Gasteiger partial charge in [0.2, 0.25) is 0 Å². The summed E-state index contributed by atoms with van der Waals surface area (Å²) >= 11 is 0. The zero-order valence-electron chi connectivity index (χ0n) is 9.21. The van der Waals surface area contributed by atoms with Gasteiger partial charge in [0.25, 0.3) is 0 Å². The molecule has 0 saturated heterocycles. The summed E-state index contributed by atoms with van der Waals surface area (Å²) in [6, 6.07) is 7.60. The Morgan fingerprint density at radius 1 is 1.18 bits per heavy atom. The Morgan fingerprint density at radius 2 is 2.06 bits per heavy atom. The normalized spacial score (nSPS) is 10.9.